The number of likely N-dealkylation sites (tertiary alicyclic amines) is 2. The highest BCUT2D eigenvalue weighted by Gasteiger charge is 2.31. The molecule has 0 saturated carbocycles. The van der Waals surface area contributed by atoms with Crippen molar-refractivity contribution in [2.75, 3.05) is 59.0 Å². The Bertz CT molecular complexity index is 600. The number of piperidine rings is 2. The van der Waals surface area contributed by atoms with Crippen molar-refractivity contribution in [2.45, 2.75) is 25.7 Å². The molecule has 0 aliphatic carbocycles. The highest BCUT2D eigenvalue weighted by molar-refractivity contribution is 5.94. The number of benzene rings is 1. The summed E-state index contributed by atoms with van der Waals surface area (Å²) < 4.78 is 5.70. The summed E-state index contributed by atoms with van der Waals surface area (Å²) in [4.78, 5) is 17.3. The average molecular weight is 386 g/mol. The third-order valence-corrected chi connectivity index (χ3v) is 6.87. The number of hydrogen-bond acceptors (Lipinski definition) is 4. The lowest BCUT2D eigenvalue weighted by Crippen LogP contribution is -2.44. The molecule has 1 aromatic rings. The zero-order chi connectivity index (χ0) is 19.2. The largest absolute Gasteiger partial charge is 0.380 e. The lowest BCUT2D eigenvalue weighted by atomic mass is 9.78. The van der Waals surface area contributed by atoms with Crippen molar-refractivity contribution in [3.05, 3.63) is 35.9 Å². The topological polar surface area (TPSA) is 44.8 Å². The van der Waals surface area contributed by atoms with Gasteiger partial charge in [0.05, 0.1) is 13.2 Å². The second-order valence-electron chi connectivity index (χ2n) is 8.78. The van der Waals surface area contributed by atoms with E-state index in [-0.39, 0.29) is 5.91 Å². The Morgan fingerprint density at radius 1 is 1.00 bits per heavy atom. The zero-order valence-corrected chi connectivity index (χ0v) is 17.0. The summed E-state index contributed by atoms with van der Waals surface area (Å²) in [6.45, 7) is 9.30. The van der Waals surface area contributed by atoms with Crippen LogP contribution in [0.5, 0.6) is 0 Å². The van der Waals surface area contributed by atoms with Gasteiger partial charge in [0.25, 0.3) is 5.91 Å². The number of ether oxygens (including phenoxy) is 1. The molecule has 1 unspecified atom stereocenters. The minimum Gasteiger partial charge on any atom is -0.380 e. The van der Waals surface area contributed by atoms with E-state index in [4.69, 9.17) is 4.74 Å². The van der Waals surface area contributed by atoms with Crippen molar-refractivity contribution in [2.24, 2.45) is 17.8 Å². The molecule has 3 aliphatic rings. The van der Waals surface area contributed by atoms with E-state index in [1.807, 2.05) is 30.3 Å². The third kappa shape index (κ3) is 5.13. The number of nitrogens with zero attached hydrogens (tertiary/aromatic N) is 2. The van der Waals surface area contributed by atoms with Crippen LogP contribution >= 0.6 is 0 Å². The highest BCUT2D eigenvalue weighted by Crippen LogP contribution is 2.33. The molecule has 5 heteroatoms. The Morgan fingerprint density at radius 3 is 2.39 bits per heavy atom. The first-order valence-electron chi connectivity index (χ1n) is 11.1. The standard InChI is InChI=1S/C23H35N3O2/c27-23(22-4-2-1-3-5-22)26-13-8-21(9-14-26)20-6-11-25(12-7-20)17-19-16-24-10-15-28-18-19/h1-5,19-21,24H,6-18H2. The van der Waals surface area contributed by atoms with Crippen LogP contribution in [0, 0.1) is 17.8 Å². The molecule has 1 aromatic carbocycles. The molecule has 3 heterocycles. The number of carbonyl (C=O) groups is 1. The second kappa shape index (κ2) is 9.86. The minimum atomic E-state index is 0.202. The van der Waals surface area contributed by atoms with E-state index in [0.29, 0.717) is 5.92 Å². The highest BCUT2D eigenvalue weighted by atomic mass is 16.5. The Hall–Kier alpha value is -1.43. The van der Waals surface area contributed by atoms with Crippen molar-refractivity contribution in [3.63, 3.8) is 0 Å². The molecule has 154 valence electrons. The molecular formula is C23H35N3O2. The first kappa shape index (κ1) is 19.9. The molecule has 28 heavy (non-hydrogen) atoms. The third-order valence-electron chi connectivity index (χ3n) is 6.87. The first-order valence-corrected chi connectivity index (χ1v) is 11.1. The van der Waals surface area contributed by atoms with Crippen LogP contribution in [0.15, 0.2) is 30.3 Å². The van der Waals surface area contributed by atoms with E-state index in [1.54, 1.807) is 0 Å². The SMILES string of the molecule is O=C(c1ccccc1)N1CCC(C2CCN(CC3CNCCOC3)CC2)CC1. The first-order chi connectivity index (χ1) is 13.8. The Balaban J connectivity index is 1.19. The summed E-state index contributed by atoms with van der Waals surface area (Å²) in [5.41, 5.74) is 0.825. The van der Waals surface area contributed by atoms with Gasteiger partial charge in [-0.25, -0.2) is 0 Å². The fourth-order valence-electron chi connectivity index (χ4n) is 5.19. The van der Waals surface area contributed by atoms with Crippen LogP contribution in [0.4, 0.5) is 0 Å². The van der Waals surface area contributed by atoms with E-state index in [9.17, 15) is 4.79 Å². The summed E-state index contributed by atoms with van der Waals surface area (Å²) in [7, 11) is 0. The number of nitrogens with one attached hydrogen (secondary N) is 1. The van der Waals surface area contributed by atoms with Gasteiger partial charge < -0.3 is 19.9 Å². The van der Waals surface area contributed by atoms with E-state index in [1.165, 1.54) is 45.3 Å². The molecule has 3 aliphatic heterocycles. The van der Waals surface area contributed by atoms with Crippen LogP contribution < -0.4 is 5.32 Å². The van der Waals surface area contributed by atoms with Gasteiger partial charge in [0.2, 0.25) is 0 Å². The maximum absolute atomic E-state index is 12.6. The monoisotopic (exact) mass is 385 g/mol. The van der Waals surface area contributed by atoms with E-state index in [0.717, 1.165) is 56.8 Å². The van der Waals surface area contributed by atoms with Gasteiger partial charge in [0.1, 0.15) is 0 Å². The summed E-state index contributed by atoms with van der Waals surface area (Å²) in [5, 5.41) is 3.49. The molecule has 1 N–H and O–H groups in total. The van der Waals surface area contributed by atoms with Gasteiger partial charge >= 0.3 is 0 Å². The Morgan fingerprint density at radius 2 is 1.68 bits per heavy atom. The van der Waals surface area contributed by atoms with Crippen LogP contribution in [0.3, 0.4) is 0 Å². The van der Waals surface area contributed by atoms with Crippen LogP contribution in [0.2, 0.25) is 0 Å². The Kier molecular flexibility index (Phi) is 7.00. The summed E-state index contributed by atoms with van der Waals surface area (Å²) in [6, 6.07) is 9.72. The Labute approximate surface area is 169 Å². The normalized spacial score (nSPS) is 26.1. The van der Waals surface area contributed by atoms with Gasteiger partial charge in [0, 0.05) is 44.2 Å². The fraction of sp³-hybridized carbons (Fsp3) is 0.696. The molecule has 0 radical (unpaired) electrons. The van der Waals surface area contributed by atoms with Crippen LogP contribution in [0.25, 0.3) is 0 Å². The average Bonchev–Trinajstić information content (AvgIpc) is 3.03. The molecule has 0 bridgehead atoms. The van der Waals surface area contributed by atoms with Crippen molar-refractivity contribution in [1.29, 1.82) is 0 Å². The maximum atomic E-state index is 12.6. The van der Waals surface area contributed by atoms with Crippen LogP contribution in [-0.2, 0) is 4.74 Å². The number of rotatable bonds is 4. The summed E-state index contributed by atoms with van der Waals surface area (Å²) in [6.07, 6.45) is 4.98. The molecular weight excluding hydrogens is 350 g/mol. The van der Waals surface area contributed by atoms with E-state index >= 15 is 0 Å². The molecule has 0 spiro atoms. The smallest absolute Gasteiger partial charge is 0.253 e. The molecule has 4 rings (SSSR count). The van der Waals surface area contributed by atoms with Gasteiger partial charge in [-0.3, -0.25) is 4.79 Å². The van der Waals surface area contributed by atoms with Gasteiger partial charge in [-0.2, -0.15) is 0 Å². The van der Waals surface area contributed by atoms with Crippen molar-refractivity contribution < 1.29 is 9.53 Å². The lowest BCUT2D eigenvalue weighted by Gasteiger charge is -2.40. The quantitative estimate of drug-likeness (QED) is 0.865. The van der Waals surface area contributed by atoms with Crippen molar-refractivity contribution in [3.8, 4) is 0 Å². The summed E-state index contributed by atoms with van der Waals surface area (Å²) >= 11 is 0. The van der Waals surface area contributed by atoms with E-state index in [2.05, 4.69) is 15.1 Å². The predicted octanol–water partition coefficient (Wildman–Crippen LogP) is 2.49. The molecule has 1 atom stereocenters. The number of amides is 1. The minimum absolute atomic E-state index is 0.202. The fourth-order valence-corrected chi connectivity index (χ4v) is 5.19. The van der Waals surface area contributed by atoms with Gasteiger partial charge in [-0.15, -0.1) is 0 Å². The van der Waals surface area contributed by atoms with Gasteiger partial charge in [-0.05, 0) is 62.7 Å². The molecule has 3 saturated heterocycles. The summed E-state index contributed by atoms with van der Waals surface area (Å²) in [5.74, 6) is 2.47. The lowest BCUT2D eigenvalue weighted by molar-refractivity contribution is 0.0561. The van der Waals surface area contributed by atoms with Crippen LogP contribution in [0.1, 0.15) is 36.0 Å². The molecule has 0 aromatic heterocycles. The second-order valence-corrected chi connectivity index (χ2v) is 8.78. The maximum Gasteiger partial charge on any atom is 0.253 e. The van der Waals surface area contributed by atoms with E-state index < -0.39 is 0 Å². The van der Waals surface area contributed by atoms with Crippen molar-refractivity contribution >= 4 is 5.91 Å². The number of carbonyl (C=O) groups excluding carboxylic acids is 1. The number of hydrogen-bond donors (Lipinski definition) is 1. The van der Waals surface area contributed by atoms with Gasteiger partial charge in [-0.1, -0.05) is 18.2 Å². The molecule has 3 fully saturated rings. The predicted molar refractivity (Wildman–Crippen MR) is 111 cm³/mol. The van der Waals surface area contributed by atoms with Crippen molar-refractivity contribution in [1.82, 2.24) is 15.1 Å². The zero-order valence-electron chi connectivity index (χ0n) is 17.0. The molecule has 1 amide bonds. The van der Waals surface area contributed by atoms with Crippen LogP contribution in [-0.4, -0.2) is 74.7 Å². The van der Waals surface area contributed by atoms with Gasteiger partial charge in [0.15, 0.2) is 0 Å². The molecule has 5 nitrogen and oxygen atoms in total.